The van der Waals surface area contributed by atoms with Crippen LogP contribution in [0.4, 0.5) is 23.0 Å². The second-order valence-electron chi connectivity index (χ2n) is 5.29. The number of benzene rings is 1. The number of nitrogens with one attached hydrogen (secondary N) is 3. The highest BCUT2D eigenvalue weighted by molar-refractivity contribution is 5.92. The van der Waals surface area contributed by atoms with Crippen molar-refractivity contribution in [3.8, 4) is 5.75 Å². The van der Waals surface area contributed by atoms with Crippen molar-refractivity contribution in [1.82, 2.24) is 15.4 Å². The molecule has 0 saturated carbocycles. The second-order valence-corrected chi connectivity index (χ2v) is 5.29. The zero-order valence-electron chi connectivity index (χ0n) is 14.7. The maximum Gasteiger partial charge on any atom is 0.355 e. The Bertz CT molecular complexity index is 976. The third kappa shape index (κ3) is 4.15. The van der Waals surface area contributed by atoms with Crippen LogP contribution in [0.15, 0.2) is 53.4 Å². The summed E-state index contributed by atoms with van der Waals surface area (Å²) in [7, 11) is 0. The van der Waals surface area contributed by atoms with Crippen LogP contribution in [0, 0.1) is 10.1 Å². The Kier molecular flexibility index (Phi) is 5.65. The average Bonchev–Trinajstić information content (AvgIpc) is 3.22. The number of rotatable bonds is 8. The monoisotopic (exact) mass is 384 g/mol. The molecule has 0 aliphatic rings. The van der Waals surface area contributed by atoms with Crippen molar-refractivity contribution in [2.45, 2.75) is 6.92 Å². The Hall–Kier alpha value is -4.15. The Balaban J connectivity index is 1.86. The number of ether oxygens (including phenoxy) is 1. The van der Waals surface area contributed by atoms with Crippen molar-refractivity contribution in [3.05, 3.63) is 64.9 Å². The van der Waals surface area contributed by atoms with E-state index in [0.29, 0.717) is 18.0 Å². The molecular weight excluding hydrogens is 368 g/mol. The minimum absolute atomic E-state index is 0.0354. The van der Waals surface area contributed by atoms with Crippen LogP contribution in [-0.4, -0.2) is 27.4 Å². The van der Waals surface area contributed by atoms with E-state index in [2.05, 4.69) is 26.1 Å². The van der Waals surface area contributed by atoms with Gasteiger partial charge in [0, 0.05) is 0 Å². The van der Waals surface area contributed by atoms with E-state index in [0.717, 1.165) is 6.33 Å². The van der Waals surface area contributed by atoms with E-state index in [1.807, 2.05) is 6.92 Å². The van der Waals surface area contributed by atoms with Gasteiger partial charge < -0.3 is 14.5 Å². The van der Waals surface area contributed by atoms with Crippen LogP contribution in [0.3, 0.4) is 0 Å². The number of aromatic nitrogens is 2. The SMILES string of the molecule is CCOc1ccccc1Nc1ncnc(NNC(=O)c2ccco2)c1[N+](=O)[O-]. The normalized spacial score (nSPS) is 10.2. The number of para-hydroxylation sites is 2. The van der Waals surface area contributed by atoms with Gasteiger partial charge in [-0.05, 0) is 31.2 Å². The predicted molar refractivity (Wildman–Crippen MR) is 99.4 cm³/mol. The number of nitrogens with zero attached hydrogens (tertiary/aromatic N) is 3. The van der Waals surface area contributed by atoms with Crippen LogP contribution in [0.5, 0.6) is 5.75 Å². The number of hydrazine groups is 1. The predicted octanol–water partition coefficient (Wildman–Crippen LogP) is 2.88. The standard InChI is InChI=1S/C17H16N6O5/c1-2-27-12-7-4-3-6-11(12)20-15-14(23(25)26)16(19-10-18-15)21-22-17(24)13-8-5-9-28-13/h3-10H,2H2,1H3,(H,22,24)(H2,18,19,20,21). The number of furan rings is 1. The van der Waals surface area contributed by atoms with E-state index in [4.69, 9.17) is 9.15 Å². The summed E-state index contributed by atoms with van der Waals surface area (Å²) < 4.78 is 10.5. The first-order valence-electron chi connectivity index (χ1n) is 8.18. The molecule has 28 heavy (non-hydrogen) atoms. The average molecular weight is 384 g/mol. The molecule has 0 unspecified atom stereocenters. The number of carbonyl (C=O) groups excluding carboxylic acids is 1. The van der Waals surface area contributed by atoms with Gasteiger partial charge in [-0.25, -0.2) is 9.97 Å². The van der Waals surface area contributed by atoms with Gasteiger partial charge in [-0.2, -0.15) is 0 Å². The lowest BCUT2D eigenvalue weighted by Gasteiger charge is -2.13. The summed E-state index contributed by atoms with van der Waals surface area (Å²) in [4.78, 5) is 30.7. The van der Waals surface area contributed by atoms with Crippen molar-refractivity contribution < 1.29 is 18.9 Å². The van der Waals surface area contributed by atoms with Gasteiger partial charge in [0.2, 0.25) is 11.6 Å². The molecule has 11 heteroatoms. The number of anilines is 3. The minimum atomic E-state index is -0.660. The molecule has 1 amide bonds. The van der Waals surface area contributed by atoms with Crippen molar-refractivity contribution in [2.75, 3.05) is 17.3 Å². The van der Waals surface area contributed by atoms with Crippen molar-refractivity contribution in [3.63, 3.8) is 0 Å². The van der Waals surface area contributed by atoms with Crippen molar-refractivity contribution >= 4 is 28.9 Å². The summed E-state index contributed by atoms with van der Waals surface area (Å²) in [6, 6.07) is 9.94. The summed E-state index contributed by atoms with van der Waals surface area (Å²) in [5.41, 5.74) is 4.76. The number of hydrogen-bond acceptors (Lipinski definition) is 9. The van der Waals surface area contributed by atoms with E-state index < -0.39 is 16.5 Å². The lowest BCUT2D eigenvalue weighted by molar-refractivity contribution is -0.383. The number of hydrogen-bond donors (Lipinski definition) is 3. The molecule has 0 radical (unpaired) electrons. The molecule has 0 bridgehead atoms. The molecule has 0 aliphatic carbocycles. The molecule has 3 rings (SSSR count). The summed E-state index contributed by atoms with van der Waals surface area (Å²) in [5.74, 6) is -0.334. The van der Waals surface area contributed by atoms with Crippen LogP contribution >= 0.6 is 0 Å². The van der Waals surface area contributed by atoms with Crippen LogP contribution < -0.4 is 20.9 Å². The first kappa shape index (κ1) is 18.6. The largest absolute Gasteiger partial charge is 0.492 e. The Morgan fingerprint density at radius 3 is 2.71 bits per heavy atom. The summed E-state index contributed by atoms with van der Waals surface area (Å²) in [5, 5.41) is 14.5. The molecule has 2 aromatic heterocycles. The van der Waals surface area contributed by atoms with Gasteiger partial charge in [-0.15, -0.1) is 0 Å². The number of nitro groups is 1. The summed E-state index contributed by atoms with van der Waals surface area (Å²) in [6.07, 6.45) is 2.46. The molecule has 0 saturated heterocycles. The van der Waals surface area contributed by atoms with Gasteiger partial charge in [0.25, 0.3) is 0 Å². The first-order valence-corrected chi connectivity index (χ1v) is 8.18. The second kappa shape index (κ2) is 8.49. The van der Waals surface area contributed by atoms with Crippen LogP contribution in [0.2, 0.25) is 0 Å². The van der Waals surface area contributed by atoms with Gasteiger partial charge in [-0.1, -0.05) is 12.1 Å². The zero-order valence-corrected chi connectivity index (χ0v) is 14.7. The quantitative estimate of drug-likeness (QED) is 0.394. The highest BCUT2D eigenvalue weighted by Gasteiger charge is 2.24. The fraction of sp³-hybridized carbons (Fsp3) is 0.118. The van der Waals surface area contributed by atoms with Crippen molar-refractivity contribution in [1.29, 1.82) is 0 Å². The maximum absolute atomic E-state index is 11.9. The molecule has 144 valence electrons. The molecule has 0 fully saturated rings. The van der Waals surface area contributed by atoms with Crippen LogP contribution in [0.25, 0.3) is 0 Å². The maximum atomic E-state index is 11.9. The van der Waals surface area contributed by atoms with Crippen LogP contribution in [0.1, 0.15) is 17.5 Å². The minimum Gasteiger partial charge on any atom is -0.492 e. The first-order chi connectivity index (χ1) is 13.6. The zero-order chi connectivity index (χ0) is 19.9. The fourth-order valence-corrected chi connectivity index (χ4v) is 2.30. The van der Waals surface area contributed by atoms with Gasteiger partial charge in [0.15, 0.2) is 5.76 Å². The molecule has 11 nitrogen and oxygen atoms in total. The molecule has 1 aromatic carbocycles. The molecule has 0 aliphatic heterocycles. The summed E-state index contributed by atoms with van der Waals surface area (Å²) >= 11 is 0. The summed E-state index contributed by atoms with van der Waals surface area (Å²) in [6.45, 7) is 2.25. The fourth-order valence-electron chi connectivity index (χ4n) is 2.30. The van der Waals surface area contributed by atoms with Crippen molar-refractivity contribution in [2.24, 2.45) is 0 Å². The smallest absolute Gasteiger partial charge is 0.355 e. The van der Waals surface area contributed by atoms with Gasteiger partial charge in [0.05, 0.1) is 23.5 Å². The molecular formula is C17H16N6O5. The highest BCUT2D eigenvalue weighted by atomic mass is 16.6. The lowest BCUT2D eigenvalue weighted by atomic mass is 10.3. The molecule has 3 aromatic rings. The topological polar surface area (TPSA) is 144 Å². The Morgan fingerprint density at radius 2 is 2.00 bits per heavy atom. The van der Waals surface area contributed by atoms with E-state index in [9.17, 15) is 14.9 Å². The van der Waals surface area contributed by atoms with Gasteiger partial charge in [0.1, 0.15) is 12.1 Å². The van der Waals surface area contributed by atoms with E-state index in [1.165, 1.54) is 12.3 Å². The molecule has 0 atom stereocenters. The van der Waals surface area contributed by atoms with E-state index >= 15 is 0 Å². The Morgan fingerprint density at radius 1 is 1.21 bits per heavy atom. The number of amides is 1. The third-order valence-corrected chi connectivity index (χ3v) is 3.48. The third-order valence-electron chi connectivity index (χ3n) is 3.48. The van der Waals surface area contributed by atoms with Crippen LogP contribution in [-0.2, 0) is 0 Å². The number of carbonyl (C=O) groups is 1. The van der Waals surface area contributed by atoms with Gasteiger partial charge >= 0.3 is 11.6 Å². The van der Waals surface area contributed by atoms with E-state index in [1.54, 1.807) is 30.3 Å². The highest BCUT2D eigenvalue weighted by Crippen LogP contribution is 2.33. The molecule has 2 heterocycles. The molecule has 0 spiro atoms. The lowest BCUT2D eigenvalue weighted by Crippen LogP contribution is -2.30. The van der Waals surface area contributed by atoms with E-state index in [-0.39, 0.29) is 17.4 Å². The Labute approximate surface area is 158 Å². The molecule has 3 N–H and O–H groups in total. The van der Waals surface area contributed by atoms with Gasteiger partial charge in [-0.3, -0.25) is 25.8 Å².